The number of aliphatic hydroxyl groups is 1. The van der Waals surface area contributed by atoms with Crippen molar-refractivity contribution in [3.63, 3.8) is 0 Å². The van der Waals surface area contributed by atoms with E-state index >= 15 is 0 Å². The van der Waals surface area contributed by atoms with Crippen molar-refractivity contribution in [3.8, 4) is 0 Å². The van der Waals surface area contributed by atoms with E-state index in [2.05, 4.69) is 5.32 Å². The highest BCUT2D eigenvalue weighted by Gasteiger charge is 2.21. The van der Waals surface area contributed by atoms with Gasteiger partial charge in [0, 0.05) is 31.8 Å². The number of nitrogens with one attached hydrogen (secondary N) is 1. The highest BCUT2D eigenvalue weighted by Crippen LogP contribution is 2.21. The van der Waals surface area contributed by atoms with E-state index in [0.717, 1.165) is 24.2 Å². The van der Waals surface area contributed by atoms with E-state index < -0.39 is 0 Å². The van der Waals surface area contributed by atoms with Crippen molar-refractivity contribution in [1.82, 2.24) is 5.32 Å². The molecule has 2 rings (SSSR count). The topological polar surface area (TPSA) is 69.6 Å². The van der Waals surface area contributed by atoms with Crippen LogP contribution in [-0.2, 0) is 16.0 Å². The lowest BCUT2D eigenvalue weighted by Crippen LogP contribution is -2.26. The summed E-state index contributed by atoms with van der Waals surface area (Å²) in [5, 5.41) is 11.4. The van der Waals surface area contributed by atoms with E-state index in [1.165, 1.54) is 0 Å². The summed E-state index contributed by atoms with van der Waals surface area (Å²) in [7, 11) is 0. The third-order valence-electron chi connectivity index (χ3n) is 3.34. The highest BCUT2D eigenvalue weighted by atomic mass is 16.3. The highest BCUT2D eigenvalue weighted by molar-refractivity contribution is 5.95. The van der Waals surface area contributed by atoms with Gasteiger partial charge in [-0.2, -0.15) is 0 Å². The quantitative estimate of drug-likeness (QED) is 0.757. The first-order valence-electron chi connectivity index (χ1n) is 6.97. The molecule has 1 saturated heterocycles. The number of carbonyl (C=O) groups excluding carboxylic acids is 2. The van der Waals surface area contributed by atoms with E-state index in [9.17, 15) is 9.59 Å². The van der Waals surface area contributed by atoms with Crippen LogP contribution in [-0.4, -0.2) is 36.6 Å². The van der Waals surface area contributed by atoms with Crippen LogP contribution in [0.25, 0.3) is 0 Å². The number of rotatable bonds is 6. The van der Waals surface area contributed by atoms with Crippen LogP contribution in [0.3, 0.4) is 0 Å². The first-order valence-corrected chi connectivity index (χ1v) is 6.97. The zero-order chi connectivity index (χ0) is 14.4. The van der Waals surface area contributed by atoms with Gasteiger partial charge in [-0.05, 0) is 30.5 Å². The van der Waals surface area contributed by atoms with Crippen LogP contribution in [0.1, 0.15) is 24.8 Å². The van der Waals surface area contributed by atoms with E-state index in [-0.39, 0.29) is 18.4 Å². The largest absolute Gasteiger partial charge is 0.396 e. The summed E-state index contributed by atoms with van der Waals surface area (Å²) in [5.74, 6) is 0.114. The molecule has 5 nitrogen and oxygen atoms in total. The minimum atomic E-state index is -0.0524. The van der Waals surface area contributed by atoms with Crippen LogP contribution in [0.5, 0.6) is 0 Å². The van der Waals surface area contributed by atoms with Gasteiger partial charge in [0.25, 0.3) is 0 Å². The molecule has 0 unspecified atom stereocenters. The molecule has 1 fully saturated rings. The molecule has 20 heavy (non-hydrogen) atoms. The maximum Gasteiger partial charge on any atom is 0.227 e. The molecule has 5 heteroatoms. The molecule has 0 radical (unpaired) electrons. The van der Waals surface area contributed by atoms with Crippen LogP contribution in [0, 0.1) is 0 Å². The van der Waals surface area contributed by atoms with Gasteiger partial charge in [0.15, 0.2) is 0 Å². The number of carbonyl (C=O) groups is 2. The zero-order valence-electron chi connectivity index (χ0n) is 11.5. The summed E-state index contributed by atoms with van der Waals surface area (Å²) in [5.41, 5.74) is 1.82. The molecule has 0 aromatic heterocycles. The molecule has 2 amide bonds. The molecule has 0 spiro atoms. The molecule has 0 saturated carbocycles. The Morgan fingerprint density at radius 2 is 2.05 bits per heavy atom. The third-order valence-corrected chi connectivity index (χ3v) is 3.34. The molecular formula is C15H20N2O3. The lowest BCUT2D eigenvalue weighted by molar-refractivity contribution is -0.120. The van der Waals surface area contributed by atoms with Crippen molar-refractivity contribution in [2.45, 2.75) is 25.7 Å². The Bertz CT molecular complexity index is 471. The number of nitrogens with zero attached hydrogens (tertiary/aromatic N) is 1. The summed E-state index contributed by atoms with van der Waals surface area (Å²) in [4.78, 5) is 25.0. The fraction of sp³-hybridized carbons (Fsp3) is 0.467. The number of benzene rings is 1. The zero-order valence-corrected chi connectivity index (χ0v) is 11.5. The van der Waals surface area contributed by atoms with Crippen molar-refractivity contribution in [1.29, 1.82) is 0 Å². The van der Waals surface area contributed by atoms with Crippen LogP contribution in [0.2, 0.25) is 0 Å². The molecule has 0 aliphatic carbocycles. The van der Waals surface area contributed by atoms with Crippen LogP contribution >= 0.6 is 0 Å². The Labute approximate surface area is 118 Å². The van der Waals surface area contributed by atoms with Gasteiger partial charge in [-0.25, -0.2) is 0 Å². The second-order valence-corrected chi connectivity index (χ2v) is 4.92. The van der Waals surface area contributed by atoms with Gasteiger partial charge in [-0.15, -0.1) is 0 Å². The number of hydrogen-bond acceptors (Lipinski definition) is 3. The molecule has 0 bridgehead atoms. The van der Waals surface area contributed by atoms with Crippen LogP contribution in [0.15, 0.2) is 24.3 Å². The lowest BCUT2D eigenvalue weighted by atomic mass is 10.1. The van der Waals surface area contributed by atoms with Crippen LogP contribution < -0.4 is 10.2 Å². The summed E-state index contributed by atoms with van der Waals surface area (Å²) >= 11 is 0. The average Bonchev–Trinajstić information content (AvgIpc) is 2.86. The normalized spacial score (nSPS) is 14.7. The Kier molecular flexibility index (Phi) is 5.12. The fourth-order valence-electron chi connectivity index (χ4n) is 2.27. The third kappa shape index (κ3) is 3.81. The summed E-state index contributed by atoms with van der Waals surface area (Å²) < 4.78 is 0. The van der Waals surface area contributed by atoms with Crippen LogP contribution in [0.4, 0.5) is 5.69 Å². The van der Waals surface area contributed by atoms with E-state index in [1.807, 2.05) is 24.3 Å². The van der Waals surface area contributed by atoms with E-state index in [0.29, 0.717) is 25.8 Å². The number of hydrogen-bond donors (Lipinski definition) is 2. The van der Waals surface area contributed by atoms with Gasteiger partial charge in [-0.1, -0.05) is 12.1 Å². The molecule has 1 aliphatic heterocycles. The van der Waals surface area contributed by atoms with Gasteiger partial charge in [0.1, 0.15) is 0 Å². The van der Waals surface area contributed by atoms with Crippen molar-refractivity contribution < 1.29 is 14.7 Å². The molecule has 1 aromatic rings. The number of aliphatic hydroxyl groups excluding tert-OH is 1. The SMILES string of the molecule is O=C(Cc1ccc(N2CCCC2=O)cc1)NCCCO. The second-order valence-electron chi connectivity index (χ2n) is 4.92. The van der Waals surface area contributed by atoms with E-state index in [1.54, 1.807) is 4.90 Å². The monoisotopic (exact) mass is 276 g/mol. The second kappa shape index (κ2) is 7.05. The molecule has 2 N–H and O–H groups in total. The van der Waals surface area contributed by atoms with Gasteiger partial charge < -0.3 is 15.3 Å². The maximum absolute atomic E-state index is 11.6. The standard InChI is InChI=1S/C15H20N2O3/c18-10-2-8-16-14(19)11-12-4-6-13(7-5-12)17-9-1-3-15(17)20/h4-7,18H,1-3,8-11H2,(H,16,19). The molecule has 1 heterocycles. The van der Waals surface area contributed by atoms with Crippen molar-refractivity contribution in [2.24, 2.45) is 0 Å². The van der Waals surface area contributed by atoms with Crippen molar-refractivity contribution in [3.05, 3.63) is 29.8 Å². The minimum Gasteiger partial charge on any atom is -0.396 e. The Morgan fingerprint density at radius 3 is 2.65 bits per heavy atom. The average molecular weight is 276 g/mol. The number of anilines is 1. The Balaban J connectivity index is 1.88. The molecule has 1 aliphatic rings. The fourth-order valence-corrected chi connectivity index (χ4v) is 2.27. The molecular weight excluding hydrogens is 256 g/mol. The van der Waals surface area contributed by atoms with E-state index in [4.69, 9.17) is 5.11 Å². The molecule has 0 atom stereocenters. The van der Waals surface area contributed by atoms with Gasteiger partial charge in [0.05, 0.1) is 6.42 Å². The predicted molar refractivity (Wildman–Crippen MR) is 76.4 cm³/mol. The van der Waals surface area contributed by atoms with Gasteiger partial charge in [-0.3, -0.25) is 9.59 Å². The van der Waals surface area contributed by atoms with Gasteiger partial charge >= 0.3 is 0 Å². The first-order chi connectivity index (χ1) is 9.70. The summed E-state index contributed by atoms with van der Waals surface area (Å²) in [6.45, 7) is 1.36. The Hall–Kier alpha value is -1.88. The maximum atomic E-state index is 11.6. The molecule has 108 valence electrons. The lowest BCUT2D eigenvalue weighted by Gasteiger charge is -2.15. The summed E-state index contributed by atoms with van der Waals surface area (Å²) in [6, 6.07) is 7.54. The predicted octanol–water partition coefficient (Wildman–Crippen LogP) is 0.854. The minimum absolute atomic E-state index is 0.0524. The van der Waals surface area contributed by atoms with Crippen molar-refractivity contribution >= 4 is 17.5 Å². The Morgan fingerprint density at radius 1 is 1.30 bits per heavy atom. The first kappa shape index (κ1) is 14.5. The summed E-state index contributed by atoms with van der Waals surface area (Å²) in [6.07, 6.45) is 2.42. The van der Waals surface area contributed by atoms with Crippen molar-refractivity contribution in [2.75, 3.05) is 24.6 Å². The van der Waals surface area contributed by atoms with Gasteiger partial charge in [0.2, 0.25) is 11.8 Å². The number of amides is 2. The molecule has 1 aromatic carbocycles. The smallest absolute Gasteiger partial charge is 0.227 e.